The van der Waals surface area contributed by atoms with Crippen molar-refractivity contribution >= 4 is 61.6 Å². The minimum atomic E-state index is -3.11. The molecule has 1 amide bonds. The second-order valence-electron chi connectivity index (χ2n) is 6.70. The summed E-state index contributed by atoms with van der Waals surface area (Å²) < 4.78 is 24.2. The van der Waals surface area contributed by atoms with Crippen molar-refractivity contribution in [1.29, 1.82) is 0 Å². The van der Waals surface area contributed by atoms with Crippen LogP contribution in [0.1, 0.15) is 5.56 Å². The summed E-state index contributed by atoms with van der Waals surface area (Å²) in [5, 5.41) is 1.48. The van der Waals surface area contributed by atoms with Crippen molar-refractivity contribution in [3.63, 3.8) is 0 Å². The molecule has 0 unspecified atom stereocenters. The number of nitrogens with zero attached hydrogens (tertiary/aromatic N) is 2. The number of amidine groups is 1. The lowest BCUT2D eigenvalue weighted by Gasteiger charge is -2.24. The van der Waals surface area contributed by atoms with Gasteiger partial charge in [-0.05, 0) is 35.9 Å². The molecule has 2 heterocycles. The maximum atomic E-state index is 12.6. The quantitative estimate of drug-likeness (QED) is 0.704. The average molecular weight is 455 g/mol. The standard InChI is InChI=1S/C19H16Cl2N2O3S2/c20-13-5-7-14(8-6-13)23-16-10-28(25,26)11-17(16)27-19(23)22-18(24)9-12-3-1-2-4-15(12)21/h1-8,16-17H,9-11H2/t16-,17-/m0/s1. The molecule has 9 heteroatoms. The van der Waals surface area contributed by atoms with Crippen LogP contribution in [0.5, 0.6) is 0 Å². The average Bonchev–Trinajstić information content (AvgIpc) is 3.09. The molecule has 2 fully saturated rings. The van der Waals surface area contributed by atoms with Crippen molar-refractivity contribution in [2.45, 2.75) is 17.7 Å². The number of halogens is 2. The van der Waals surface area contributed by atoms with Crippen LogP contribution < -0.4 is 4.90 Å². The minimum Gasteiger partial charge on any atom is -0.316 e. The fourth-order valence-corrected chi connectivity index (χ4v) is 7.68. The van der Waals surface area contributed by atoms with Gasteiger partial charge in [0.15, 0.2) is 15.0 Å². The fourth-order valence-electron chi connectivity index (χ4n) is 3.42. The number of aliphatic imine (C=N–C) groups is 1. The number of rotatable bonds is 3. The molecule has 0 spiro atoms. The zero-order valence-electron chi connectivity index (χ0n) is 14.6. The topological polar surface area (TPSA) is 66.8 Å². The Hall–Kier alpha value is -1.54. The van der Waals surface area contributed by atoms with Gasteiger partial charge in [0.1, 0.15) is 0 Å². The fraction of sp³-hybridized carbons (Fsp3) is 0.263. The second-order valence-corrected chi connectivity index (χ2v) is 10.9. The van der Waals surface area contributed by atoms with E-state index < -0.39 is 9.84 Å². The lowest BCUT2D eigenvalue weighted by atomic mass is 10.1. The second kappa shape index (κ2) is 7.71. The van der Waals surface area contributed by atoms with Crippen LogP contribution in [0.3, 0.4) is 0 Å². The summed E-state index contributed by atoms with van der Waals surface area (Å²) in [5.41, 5.74) is 1.48. The highest BCUT2D eigenvalue weighted by Crippen LogP contribution is 2.41. The molecule has 2 aromatic rings. The highest BCUT2D eigenvalue weighted by molar-refractivity contribution is 8.16. The summed E-state index contributed by atoms with van der Waals surface area (Å²) in [6.07, 6.45) is 0.0891. The van der Waals surface area contributed by atoms with Gasteiger partial charge in [-0.25, -0.2) is 8.42 Å². The van der Waals surface area contributed by atoms with Crippen molar-refractivity contribution in [1.82, 2.24) is 0 Å². The van der Waals surface area contributed by atoms with Crippen molar-refractivity contribution in [3.8, 4) is 0 Å². The number of carbonyl (C=O) groups is 1. The number of hydrogen-bond donors (Lipinski definition) is 0. The Labute approximate surface area is 177 Å². The summed E-state index contributed by atoms with van der Waals surface area (Å²) in [6, 6.07) is 14.0. The van der Waals surface area contributed by atoms with Crippen LogP contribution in [-0.4, -0.2) is 42.3 Å². The van der Waals surface area contributed by atoms with E-state index in [0.717, 1.165) is 5.69 Å². The van der Waals surface area contributed by atoms with Crippen molar-refractivity contribution in [3.05, 3.63) is 64.1 Å². The molecule has 4 rings (SSSR count). The molecule has 28 heavy (non-hydrogen) atoms. The predicted molar refractivity (Wildman–Crippen MR) is 115 cm³/mol. The molecule has 0 aliphatic carbocycles. The first kappa shape index (κ1) is 19.8. The molecule has 0 bridgehead atoms. The highest BCUT2D eigenvalue weighted by Gasteiger charge is 2.49. The van der Waals surface area contributed by atoms with E-state index in [9.17, 15) is 13.2 Å². The Morgan fingerprint density at radius 2 is 1.82 bits per heavy atom. The van der Waals surface area contributed by atoms with E-state index in [4.69, 9.17) is 23.2 Å². The first-order valence-electron chi connectivity index (χ1n) is 8.59. The number of amides is 1. The molecule has 146 valence electrons. The Balaban J connectivity index is 1.65. The summed E-state index contributed by atoms with van der Waals surface area (Å²) in [4.78, 5) is 18.7. The van der Waals surface area contributed by atoms with Crippen molar-refractivity contribution in [2.75, 3.05) is 16.4 Å². The van der Waals surface area contributed by atoms with Gasteiger partial charge in [-0.3, -0.25) is 4.79 Å². The van der Waals surface area contributed by atoms with Gasteiger partial charge in [-0.1, -0.05) is 53.2 Å². The van der Waals surface area contributed by atoms with Gasteiger partial charge in [0.2, 0.25) is 0 Å². The van der Waals surface area contributed by atoms with E-state index in [-0.39, 0.29) is 35.1 Å². The van der Waals surface area contributed by atoms with Gasteiger partial charge in [0, 0.05) is 21.0 Å². The van der Waals surface area contributed by atoms with Crippen LogP contribution in [0.25, 0.3) is 0 Å². The molecule has 2 saturated heterocycles. The van der Waals surface area contributed by atoms with Gasteiger partial charge >= 0.3 is 0 Å². The zero-order chi connectivity index (χ0) is 19.9. The number of benzene rings is 2. The van der Waals surface area contributed by atoms with Crippen LogP contribution in [-0.2, 0) is 21.1 Å². The largest absolute Gasteiger partial charge is 0.316 e. The monoisotopic (exact) mass is 454 g/mol. The Morgan fingerprint density at radius 1 is 1.11 bits per heavy atom. The highest BCUT2D eigenvalue weighted by atomic mass is 35.5. The third kappa shape index (κ3) is 4.08. The SMILES string of the molecule is O=C(Cc1ccccc1Cl)N=C1S[C@H]2CS(=O)(=O)C[C@@H]2N1c1ccc(Cl)cc1. The van der Waals surface area contributed by atoms with E-state index in [2.05, 4.69) is 4.99 Å². The normalized spacial score (nSPS) is 24.5. The van der Waals surface area contributed by atoms with Gasteiger partial charge < -0.3 is 4.90 Å². The molecule has 0 N–H and O–H groups in total. The number of anilines is 1. The Kier molecular flexibility index (Phi) is 5.44. The maximum Gasteiger partial charge on any atom is 0.252 e. The van der Waals surface area contributed by atoms with Gasteiger partial charge in [0.25, 0.3) is 5.91 Å². The van der Waals surface area contributed by atoms with Crippen LogP contribution in [0, 0.1) is 0 Å². The summed E-state index contributed by atoms with van der Waals surface area (Å²) in [5.74, 6) is -0.188. The summed E-state index contributed by atoms with van der Waals surface area (Å²) in [7, 11) is -3.11. The third-order valence-electron chi connectivity index (χ3n) is 4.69. The molecule has 2 aliphatic heterocycles. The summed E-state index contributed by atoms with van der Waals surface area (Å²) in [6.45, 7) is 0. The molecule has 0 radical (unpaired) electrons. The number of thioether (sulfide) groups is 1. The van der Waals surface area contributed by atoms with Crippen molar-refractivity contribution < 1.29 is 13.2 Å². The Bertz CT molecular complexity index is 1060. The number of carbonyl (C=O) groups excluding carboxylic acids is 1. The minimum absolute atomic E-state index is 0.0466. The van der Waals surface area contributed by atoms with Crippen LogP contribution in [0.2, 0.25) is 10.0 Å². The molecule has 2 aromatic carbocycles. The molecular formula is C19H16Cl2N2O3S2. The van der Waals surface area contributed by atoms with Crippen LogP contribution in [0.15, 0.2) is 53.5 Å². The first-order chi connectivity index (χ1) is 13.3. The molecular weight excluding hydrogens is 439 g/mol. The van der Waals surface area contributed by atoms with E-state index in [0.29, 0.717) is 20.8 Å². The number of hydrogen-bond acceptors (Lipinski definition) is 4. The van der Waals surface area contributed by atoms with E-state index >= 15 is 0 Å². The van der Waals surface area contributed by atoms with Crippen LogP contribution >= 0.6 is 35.0 Å². The number of sulfone groups is 1. The molecule has 2 aliphatic rings. The lowest BCUT2D eigenvalue weighted by molar-refractivity contribution is -0.117. The maximum absolute atomic E-state index is 12.6. The first-order valence-corrected chi connectivity index (χ1v) is 12.0. The van der Waals surface area contributed by atoms with Gasteiger partial charge in [-0.2, -0.15) is 4.99 Å². The van der Waals surface area contributed by atoms with E-state index in [1.807, 2.05) is 23.1 Å². The van der Waals surface area contributed by atoms with Gasteiger partial charge in [-0.15, -0.1) is 0 Å². The van der Waals surface area contributed by atoms with Crippen LogP contribution in [0.4, 0.5) is 5.69 Å². The lowest BCUT2D eigenvalue weighted by Crippen LogP contribution is -2.37. The Morgan fingerprint density at radius 3 is 2.54 bits per heavy atom. The van der Waals surface area contributed by atoms with Gasteiger partial charge in [0.05, 0.1) is 24.0 Å². The van der Waals surface area contributed by atoms with E-state index in [1.165, 1.54) is 11.8 Å². The molecule has 2 atom stereocenters. The smallest absolute Gasteiger partial charge is 0.252 e. The van der Waals surface area contributed by atoms with E-state index in [1.54, 1.807) is 30.3 Å². The molecule has 5 nitrogen and oxygen atoms in total. The number of fused-ring (bicyclic) bond motifs is 1. The third-order valence-corrected chi connectivity index (χ3v) is 8.52. The molecule has 0 saturated carbocycles. The molecule has 0 aromatic heterocycles. The van der Waals surface area contributed by atoms with Crippen molar-refractivity contribution in [2.24, 2.45) is 4.99 Å². The summed E-state index contributed by atoms with van der Waals surface area (Å²) >= 11 is 13.5. The predicted octanol–water partition coefficient (Wildman–Crippen LogP) is 3.84. The zero-order valence-corrected chi connectivity index (χ0v) is 17.7.